The van der Waals surface area contributed by atoms with Crippen molar-refractivity contribution in [2.45, 2.75) is 45.3 Å². The number of hydrogen-bond donors (Lipinski definition) is 1. The molecule has 37 heavy (non-hydrogen) atoms. The molecule has 1 N–H and O–H groups in total. The lowest BCUT2D eigenvalue weighted by Gasteiger charge is -2.40. The van der Waals surface area contributed by atoms with Crippen molar-refractivity contribution in [3.8, 4) is 11.1 Å². The van der Waals surface area contributed by atoms with Gasteiger partial charge in [-0.3, -0.25) is 4.79 Å². The molecule has 1 saturated heterocycles. The number of hydrogen-bond acceptors (Lipinski definition) is 7. The summed E-state index contributed by atoms with van der Waals surface area (Å²) in [4.78, 5) is 34.8. The Morgan fingerprint density at radius 3 is 2.51 bits per heavy atom. The highest BCUT2D eigenvalue weighted by molar-refractivity contribution is 7.91. The SMILES string of the molecule is CN1C=CC(CS(C)(=O)=O)=c2ccc3c4c([nH]c(=O)c-4c21)=CCN3C1CCN(C(=O)OC(C)(C)C)CC1. The van der Waals surface area contributed by atoms with E-state index in [1.54, 1.807) is 4.90 Å². The van der Waals surface area contributed by atoms with Crippen molar-refractivity contribution in [3.63, 3.8) is 0 Å². The van der Waals surface area contributed by atoms with E-state index in [1.807, 2.05) is 63.2 Å². The van der Waals surface area contributed by atoms with Crippen molar-refractivity contribution in [2.24, 2.45) is 0 Å². The summed E-state index contributed by atoms with van der Waals surface area (Å²) in [6.07, 6.45) is 8.16. The quantitative estimate of drug-likeness (QED) is 0.649. The number of allylic oxidation sites excluding steroid dienone is 1. The fraction of sp³-hybridized carbons (Fsp3) is 0.481. The van der Waals surface area contributed by atoms with Crippen LogP contribution in [0.25, 0.3) is 22.8 Å². The number of H-pyrrole nitrogens is 1. The van der Waals surface area contributed by atoms with Gasteiger partial charge in [-0.1, -0.05) is 6.07 Å². The van der Waals surface area contributed by atoms with Crippen molar-refractivity contribution in [1.82, 2.24) is 9.88 Å². The van der Waals surface area contributed by atoms with Gasteiger partial charge in [-0.15, -0.1) is 0 Å². The molecule has 1 aliphatic carbocycles. The second-order valence-corrected chi connectivity index (χ2v) is 13.3. The third-order valence-corrected chi connectivity index (χ3v) is 7.96. The third kappa shape index (κ3) is 4.86. The van der Waals surface area contributed by atoms with E-state index >= 15 is 0 Å². The molecule has 1 amide bonds. The zero-order valence-corrected chi connectivity index (χ0v) is 22.8. The van der Waals surface area contributed by atoms with E-state index in [4.69, 9.17) is 4.74 Å². The number of carbonyl (C=O) groups excluding carboxylic acids is 1. The number of amides is 1. The Labute approximate surface area is 217 Å². The Morgan fingerprint density at radius 1 is 1.16 bits per heavy atom. The van der Waals surface area contributed by atoms with E-state index < -0.39 is 15.4 Å². The van der Waals surface area contributed by atoms with Crippen LogP contribution in [0.2, 0.25) is 0 Å². The van der Waals surface area contributed by atoms with Crippen molar-refractivity contribution >= 4 is 39.0 Å². The average Bonchev–Trinajstić information content (AvgIpc) is 3.00. The first-order chi connectivity index (χ1) is 17.3. The minimum Gasteiger partial charge on any atom is -0.444 e. The summed E-state index contributed by atoms with van der Waals surface area (Å²) < 4.78 is 29.9. The highest BCUT2D eigenvalue weighted by atomic mass is 32.2. The molecule has 0 aromatic heterocycles. The fourth-order valence-corrected chi connectivity index (χ4v) is 6.38. The molecular formula is C27H34N4O5S. The topological polar surface area (TPSA) is 103 Å². The molecule has 0 spiro atoms. The Balaban J connectivity index is 1.54. The summed E-state index contributed by atoms with van der Waals surface area (Å²) in [7, 11) is -1.40. The van der Waals surface area contributed by atoms with Crippen LogP contribution >= 0.6 is 0 Å². The second kappa shape index (κ2) is 8.93. The predicted octanol–water partition coefficient (Wildman–Crippen LogP) is 1.64. The normalized spacial score (nSPS) is 18.2. The zero-order chi connectivity index (χ0) is 26.7. The van der Waals surface area contributed by atoms with E-state index in [1.165, 1.54) is 6.26 Å². The molecule has 4 aliphatic heterocycles. The lowest BCUT2D eigenvalue weighted by Crippen LogP contribution is -2.49. The van der Waals surface area contributed by atoms with Gasteiger partial charge in [0.1, 0.15) is 5.60 Å². The zero-order valence-electron chi connectivity index (χ0n) is 22.0. The number of aromatic amines is 1. The molecule has 9 nitrogen and oxygen atoms in total. The summed E-state index contributed by atoms with van der Waals surface area (Å²) in [5, 5.41) is 1.54. The largest absolute Gasteiger partial charge is 0.444 e. The smallest absolute Gasteiger partial charge is 0.410 e. The van der Waals surface area contributed by atoms with Crippen LogP contribution in [0.1, 0.15) is 33.6 Å². The summed E-state index contributed by atoms with van der Waals surface area (Å²) in [5.74, 6) is -0.102. The summed E-state index contributed by atoms with van der Waals surface area (Å²) >= 11 is 0. The number of nitrogens with zero attached hydrogens (tertiary/aromatic N) is 3. The van der Waals surface area contributed by atoms with Gasteiger partial charge in [0.25, 0.3) is 5.56 Å². The maximum absolute atomic E-state index is 13.3. The van der Waals surface area contributed by atoms with Gasteiger partial charge >= 0.3 is 6.09 Å². The molecular weight excluding hydrogens is 492 g/mol. The lowest BCUT2D eigenvalue weighted by atomic mass is 9.98. The van der Waals surface area contributed by atoms with Gasteiger partial charge in [-0.25, -0.2) is 13.2 Å². The van der Waals surface area contributed by atoms with Crippen LogP contribution in [0.3, 0.4) is 0 Å². The van der Waals surface area contributed by atoms with Crippen LogP contribution in [-0.2, 0) is 14.6 Å². The van der Waals surface area contributed by atoms with E-state index in [-0.39, 0.29) is 23.4 Å². The minimum atomic E-state index is -3.27. The lowest BCUT2D eigenvalue weighted by molar-refractivity contribution is 0.0205. The van der Waals surface area contributed by atoms with Gasteiger partial charge in [0.2, 0.25) is 0 Å². The standard InChI is InChI=1S/C27H34N4O5S/c1-27(2,3)36-26(33)30-13-9-18(10-14-30)31-15-11-20-22-21(31)7-6-19-17(16-37(5,34)35)8-12-29(4)24(19)23(22)25(32)28-20/h6-8,11-12,18H,9-10,13-16H2,1-5H3,(H,28,32). The van der Waals surface area contributed by atoms with E-state index in [2.05, 4.69) is 9.88 Å². The molecule has 0 aromatic carbocycles. The number of ether oxygens (including phenoxy) is 1. The first-order valence-corrected chi connectivity index (χ1v) is 14.6. The Morgan fingerprint density at radius 2 is 1.86 bits per heavy atom. The number of rotatable bonds is 3. The van der Waals surface area contributed by atoms with Crippen LogP contribution in [-0.4, -0.2) is 74.7 Å². The van der Waals surface area contributed by atoms with Gasteiger partial charge in [0.05, 0.1) is 17.0 Å². The van der Waals surface area contributed by atoms with Crippen LogP contribution in [0.15, 0.2) is 29.2 Å². The molecule has 0 aromatic rings. The van der Waals surface area contributed by atoms with Gasteiger partial charge in [-0.05, 0) is 57.4 Å². The number of anilines is 2. The Bertz CT molecular complexity index is 1540. The second-order valence-electron chi connectivity index (χ2n) is 11.2. The highest BCUT2D eigenvalue weighted by Gasteiger charge is 2.33. The van der Waals surface area contributed by atoms with E-state index in [9.17, 15) is 18.0 Å². The number of likely N-dealkylation sites (tertiary alicyclic amines) is 1. The molecule has 0 atom stereocenters. The van der Waals surface area contributed by atoms with Gasteiger partial charge in [0.15, 0.2) is 9.84 Å². The molecule has 1 fully saturated rings. The number of nitrogens with one attached hydrogen (secondary N) is 1. The molecule has 0 saturated carbocycles. The number of sulfone groups is 1. The molecule has 198 valence electrons. The predicted molar refractivity (Wildman–Crippen MR) is 146 cm³/mol. The van der Waals surface area contributed by atoms with E-state index in [0.29, 0.717) is 36.5 Å². The minimum absolute atomic E-state index is 0.102. The molecule has 0 radical (unpaired) electrons. The number of fused-ring (bicyclic) bond motifs is 2. The molecule has 0 bridgehead atoms. The van der Waals surface area contributed by atoms with Crippen LogP contribution in [0.5, 0.6) is 0 Å². The average molecular weight is 527 g/mol. The van der Waals surface area contributed by atoms with Gasteiger partial charge in [-0.2, -0.15) is 0 Å². The molecule has 4 heterocycles. The molecule has 5 aliphatic rings. The fourth-order valence-electron chi connectivity index (χ4n) is 5.56. The third-order valence-electron chi connectivity index (χ3n) is 7.12. The molecule has 0 unspecified atom stereocenters. The maximum Gasteiger partial charge on any atom is 0.410 e. The number of aromatic nitrogens is 1. The Kier molecular flexibility index (Phi) is 6.13. The van der Waals surface area contributed by atoms with Crippen LogP contribution in [0.4, 0.5) is 16.2 Å². The first-order valence-electron chi connectivity index (χ1n) is 12.6. The van der Waals surface area contributed by atoms with Crippen LogP contribution < -0.4 is 25.9 Å². The van der Waals surface area contributed by atoms with E-state index in [0.717, 1.165) is 34.7 Å². The van der Waals surface area contributed by atoms with Crippen molar-refractivity contribution in [3.05, 3.63) is 45.3 Å². The van der Waals surface area contributed by atoms with Gasteiger partial charge < -0.3 is 24.4 Å². The summed E-state index contributed by atoms with van der Waals surface area (Å²) in [5.41, 5.74) is 3.03. The summed E-state index contributed by atoms with van der Waals surface area (Å²) in [6, 6.07) is 4.15. The van der Waals surface area contributed by atoms with Crippen molar-refractivity contribution < 1.29 is 17.9 Å². The number of carbonyl (C=O) groups is 1. The van der Waals surface area contributed by atoms with Crippen LogP contribution in [0, 0.1) is 0 Å². The van der Waals surface area contributed by atoms with Crippen molar-refractivity contribution in [1.29, 1.82) is 0 Å². The van der Waals surface area contributed by atoms with Gasteiger partial charge in [0, 0.05) is 67.0 Å². The Hall–Kier alpha value is -3.27. The summed E-state index contributed by atoms with van der Waals surface area (Å²) in [6.45, 7) is 7.44. The molecule has 5 rings (SSSR count). The maximum atomic E-state index is 13.3. The monoisotopic (exact) mass is 526 g/mol. The molecule has 10 heteroatoms. The highest BCUT2D eigenvalue weighted by Crippen LogP contribution is 2.36. The first kappa shape index (κ1) is 25.4. The van der Waals surface area contributed by atoms with Crippen molar-refractivity contribution in [2.75, 3.05) is 48.5 Å². The number of piperidine rings is 1.